The number of aromatic nitrogens is 3. The lowest BCUT2D eigenvalue weighted by atomic mass is 9.95. The standard InChI is InChI=1S/C32H39N3O/c1-7-9-13-26(8-2)21-36-29-20-22(3)30(25(6)34-29)28-18-23(4)31(24(5)19-28)35-17-16-33-32(35)27-14-11-10-12-15-27/h10-12,14-20,26H,7-9,13,21H2,1-6H3. The molecule has 36 heavy (non-hydrogen) atoms. The predicted octanol–water partition coefficient (Wildman–Crippen LogP) is 8.43. The highest BCUT2D eigenvalue weighted by Gasteiger charge is 2.17. The van der Waals surface area contributed by atoms with E-state index < -0.39 is 0 Å². The van der Waals surface area contributed by atoms with E-state index in [2.05, 4.69) is 93.6 Å². The number of benzene rings is 2. The number of hydrogen-bond acceptors (Lipinski definition) is 3. The van der Waals surface area contributed by atoms with Crippen molar-refractivity contribution in [1.29, 1.82) is 0 Å². The number of nitrogens with zero attached hydrogens (tertiary/aromatic N) is 3. The normalized spacial score (nSPS) is 12.1. The van der Waals surface area contributed by atoms with Crippen molar-refractivity contribution in [1.82, 2.24) is 14.5 Å². The van der Waals surface area contributed by atoms with Crippen LogP contribution in [0.15, 0.2) is 60.9 Å². The van der Waals surface area contributed by atoms with Gasteiger partial charge in [0.25, 0.3) is 0 Å². The molecular formula is C32H39N3O. The summed E-state index contributed by atoms with van der Waals surface area (Å²) in [4.78, 5) is 9.50. The molecule has 2 aromatic heterocycles. The Hall–Kier alpha value is -3.40. The lowest BCUT2D eigenvalue weighted by molar-refractivity contribution is 0.225. The highest BCUT2D eigenvalue weighted by Crippen LogP contribution is 2.34. The molecule has 2 heterocycles. The molecule has 0 bridgehead atoms. The van der Waals surface area contributed by atoms with Gasteiger partial charge in [-0.25, -0.2) is 9.97 Å². The summed E-state index contributed by atoms with van der Waals surface area (Å²) in [6.07, 6.45) is 8.77. The molecule has 4 nitrogen and oxygen atoms in total. The molecule has 0 amide bonds. The van der Waals surface area contributed by atoms with Crippen LogP contribution in [0.4, 0.5) is 0 Å². The van der Waals surface area contributed by atoms with E-state index in [0.29, 0.717) is 5.92 Å². The second kappa shape index (κ2) is 11.6. The summed E-state index contributed by atoms with van der Waals surface area (Å²) in [6, 6.07) is 17.0. The lowest BCUT2D eigenvalue weighted by Gasteiger charge is -2.19. The molecule has 188 valence electrons. The van der Waals surface area contributed by atoms with Crippen molar-refractivity contribution in [3.8, 4) is 34.1 Å². The molecule has 2 aromatic carbocycles. The second-order valence-electron chi connectivity index (χ2n) is 9.91. The molecule has 0 radical (unpaired) electrons. The van der Waals surface area contributed by atoms with E-state index in [1.54, 1.807) is 0 Å². The molecule has 0 aliphatic rings. The zero-order valence-electron chi connectivity index (χ0n) is 22.6. The molecule has 1 unspecified atom stereocenters. The molecule has 0 spiro atoms. The maximum Gasteiger partial charge on any atom is 0.213 e. The van der Waals surface area contributed by atoms with Gasteiger partial charge in [0.2, 0.25) is 5.88 Å². The number of hydrogen-bond donors (Lipinski definition) is 0. The molecule has 0 aliphatic carbocycles. The summed E-state index contributed by atoms with van der Waals surface area (Å²) >= 11 is 0. The summed E-state index contributed by atoms with van der Waals surface area (Å²) in [5.74, 6) is 2.28. The molecule has 0 N–H and O–H groups in total. The molecule has 0 saturated heterocycles. The number of aryl methyl sites for hydroxylation is 4. The molecule has 4 aromatic rings. The number of imidazole rings is 1. The third kappa shape index (κ3) is 5.53. The largest absolute Gasteiger partial charge is 0.477 e. The first-order chi connectivity index (χ1) is 17.4. The minimum Gasteiger partial charge on any atom is -0.477 e. The van der Waals surface area contributed by atoms with Gasteiger partial charge in [0.1, 0.15) is 5.82 Å². The quantitative estimate of drug-likeness (QED) is 0.228. The maximum absolute atomic E-state index is 6.16. The van der Waals surface area contributed by atoms with E-state index >= 15 is 0 Å². The molecule has 0 aliphatic heterocycles. The molecular weight excluding hydrogens is 442 g/mol. The van der Waals surface area contributed by atoms with Gasteiger partial charge in [-0.15, -0.1) is 0 Å². The number of unbranched alkanes of at least 4 members (excludes halogenated alkanes) is 1. The Kier molecular flexibility index (Phi) is 8.25. The van der Waals surface area contributed by atoms with Crippen LogP contribution in [0.5, 0.6) is 5.88 Å². The first-order valence-corrected chi connectivity index (χ1v) is 13.2. The van der Waals surface area contributed by atoms with E-state index in [4.69, 9.17) is 9.72 Å². The van der Waals surface area contributed by atoms with Gasteiger partial charge < -0.3 is 4.74 Å². The van der Waals surface area contributed by atoms with Crippen LogP contribution < -0.4 is 4.74 Å². The fraction of sp³-hybridized carbons (Fsp3) is 0.375. The van der Waals surface area contributed by atoms with Crippen LogP contribution >= 0.6 is 0 Å². The third-order valence-corrected chi connectivity index (χ3v) is 7.08. The first-order valence-electron chi connectivity index (χ1n) is 13.2. The van der Waals surface area contributed by atoms with Crippen LogP contribution in [0.3, 0.4) is 0 Å². The summed E-state index contributed by atoms with van der Waals surface area (Å²) in [5, 5.41) is 0. The van der Waals surface area contributed by atoms with Crippen LogP contribution in [-0.2, 0) is 0 Å². The molecule has 4 rings (SSSR count). The number of pyridine rings is 1. The average Bonchev–Trinajstić information content (AvgIpc) is 3.33. The van der Waals surface area contributed by atoms with Gasteiger partial charge in [0, 0.05) is 35.3 Å². The van der Waals surface area contributed by atoms with Crippen molar-refractivity contribution in [2.24, 2.45) is 5.92 Å². The smallest absolute Gasteiger partial charge is 0.213 e. The highest BCUT2D eigenvalue weighted by atomic mass is 16.5. The van der Waals surface area contributed by atoms with Crippen molar-refractivity contribution in [3.63, 3.8) is 0 Å². The van der Waals surface area contributed by atoms with Crippen molar-refractivity contribution in [2.45, 2.75) is 67.2 Å². The number of ether oxygens (including phenoxy) is 1. The van der Waals surface area contributed by atoms with Crippen LogP contribution in [-0.4, -0.2) is 21.1 Å². The van der Waals surface area contributed by atoms with E-state index in [0.717, 1.165) is 36.0 Å². The SMILES string of the molecule is CCCCC(CC)COc1cc(C)c(-c2cc(C)c(-n3ccnc3-c3ccccc3)c(C)c2)c(C)n1. The Morgan fingerprint density at radius 3 is 2.25 bits per heavy atom. The monoisotopic (exact) mass is 481 g/mol. The summed E-state index contributed by atoms with van der Waals surface area (Å²) in [7, 11) is 0. The van der Waals surface area contributed by atoms with Gasteiger partial charge in [-0.3, -0.25) is 4.57 Å². The van der Waals surface area contributed by atoms with Gasteiger partial charge in [0.05, 0.1) is 12.3 Å². The predicted molar refractivity (Wildman–Crippen MR) is 150 cm³/mol. The summed E-state index contributed by atoms with van der Waals surface area (Å²) < 4.78 is 8.35. The zero-order chi connectivity index (χ0) is 25.7. The van der Waals surface area contributed by atoms with Crippen LogP contribution in [0.1, 0.15) is 61.9 Å². The molecule has 0 fully saturated rings. The fourth-order valence-electron chi connectivity index (χ4n) is 5.17. The van der Waals surface area contributed by atoms with Gasteiger partial charge in [-0.1, -0.05) is 63.4 Å². The topological polar surface area (TPSA) is 39.9 Å². The maximum atomic E-state index is 6.16. The van der Waals surface area contributed by atoms with Crippen LogP contribution in [0.25, 0.3) is 28.2 Å². The van der Waals surface area contributed by atoms with Crippen molar-refractivity contribution in [2.75, 3.05) is 6.61 Å². The Morgan fingerprint density at radius 2 is 1.61 bits per heavy atom. The van der Waals surface area contributed by atoms with Gasteiger partial charge in [-0.05, 0) is 74.4 Å². The third-order valence-electron chi connectivity index (χ3n) is 7.08. The Balaban J connectivity index is 1.63. The first kappa shape index (κ1) is 25.7. The number of rotatable bonds is 10. The zero-order valence-corrected chi connectivity index (χ0v) is 22.6. The summed E-state index contributed by atoms with van der Waals surface area (Å²) in [5.41, 5.74) is 9.28. The Labute approximate surface area is 216 Å². The van der Waals surface area contributed by atoms with Gasteiger partial charge >= 0.3 is 0 Å². The van der Waals surface area contributed by atoms with E-state index in [-0.39, 0.29) is 0 Å². The summed E-state index contributed by atoms with van der Waals surface area (Å²) in [6.45, 7) is 13.8. The van der Waals surface area contributed by atoms with Gasteiger partial charge in [0.15, 0.2) is 0 Å². The van der Waals surface area contributed by atoms with Crippen molar-refractivity contribution >= 4 is 0 Å². The molecule has 0 saturated carbocycles. The second-order valence-corrected chi connectivity index (χ2v) is 9.91. The Morgan fingerprint density at radius 1 is 0.889 bits per heavy atom. The molecule has 4 heteroatoms. The van der Waals surface area contributed by atoms with E-state index in [9.17, 15) is 0 Å². The lowest BCUT2D eigenvalue weighted by Crippen LogP contribution is -2.12. The minimum atomic E-state index is 0.592. The van der Waals surface area contributed by atoms with Crippen molar-refractivity contribution < 1.29 is 4.74 Å². The van der Waals surface area contributed by atoms with Crippen LogP contribution in [0, 0.1) is 33.6 Å². The Bertz CT molecular complexity index is 1260. The minimum absolute atomic E-state index is 0.592. The average molecular weight is 482 g/mol. The van der Waals surface area contributed by atoms with Crippen molar-refractivity contribution in [3.05, 3.63) is 83.3 Å². The molecule has 1 atom stereocenters. The highest BCUT2D eigenvalue weighted by molar-refractivity contribution is 5.74. The van der Waals surface area contributed by atoms with E-state index in [1.165, 1.54) is 52.8 Å². The van der Waals surface area contributed by atoms with E-state index in [1.807, 2.05) is 18.5 Å². The van der Waals surface area contributed by atoms with Crippen LogP contribution in [0.2, 0.25) is 0 Å². The van der Waals surface area contributed by atoms with Gasteiger partial charge in [-0.2, -0.15) is 0 Å². The fourth-order valence-corrected chi connectivity index (χ4v) is 5.17.